The summed E-state index contributed by atoms with van der Waals surface area (Å²) in [4.78, 5) is 13.1. The lowest BCUT2D eigenvalue weighted by molar-refractivity contribution is 0.378. The number of hydrogen-bond donors (Lipinski definition) is 0. The van der Waals surface area contributed by atoms with Gasteiger partial charge >= 0.3 is 0 Å². The molecule has 25 heavy (non-hydrogen) atoms. The smallest absolute Gasteiger partial charge is 0.226 e. The molecule has 2 aromatic carbocycles. The van der Waals surface area contributed by atoms with Crippen molar-refractivity contribution >= 4 is 22.7 Å². The molecule has 0 bridgehead atoms. The van der Waals surface area contributed by atoms with Crippen LogP contribution in [0.3, 0.4) is 0 Å². The number of thioether (sulfide) groups is 1. The van der Waals surface area contributed by atoms with Gasteiger partial charge in [-0.05, 0) is 12.5 Å². The zero-order valence-corrected chi connectivity index (χ0v) is 14.3. The average Bonchev–Trinajstić information content (AvgIpc) is 3.15. The van der Waals surface area contributed by atoms with Crippen LogP contribution in [0.25, 0.3) is 22.3 Å². The highest BCUT2D eigenvalue weighted by atomic mass is 32.2. The van der Waals surface area contributed by atoms with Crippen LogP contribution in [0.5, 0.6) is 0 Å². The number of fused-ring (bicyclic) bond motifs is 1. The minimum absolute atomic E-state index is 0.644. The van der Waals surface area contributed by atoms with Crippen molar-refractivity contribution < 1.29 is 4.52 Å². The number of benzene rings is 2. The van der Waals surface area contributed by atoms with E-state index in [1.54, 1.807) is 18.1 Å². The minimum Gasteiger partial charge on any atom is -0.339 e. The van der Waals surface area contributed by atoms with Crippen molar-refractivity contribution in [3.8, 4) is 11.4 Å². The summed E-state index contributed by atoms with van der Waals surface area (Å²) in [5.41, 5.74) is 1.95. The highest BCUT2D eigenvalue weighted by Gasteiger charge is 2.08. The van der Waals surface area contributed by atoms with Crippen LogP contribution in [0.1, 0.15) is 12.3 Å². The molecule has 4 rings (SSSR count). The predicted octanol–water partition coefficient (Wildman–Crippen LogP) is 4.40. The molecular formula is C19H16N4OS. The maximum atomic E-state index is 5.35. The molecule has 124 valence electrons. The lowest BCUT2D eigenvalue weighted by atomic mass is 10.2. The number of aromatic nitrogens is 4. The SMILES string of the molecule is c1ccc(-c2noc(CCCSc3ncnc4ccccc34)n2)cc1. The van der Waals surface area contributed by atoms with Crippen LogP contribution < -0.4 is 0 Å². The first-order valence-electron chi connectivity index (χ1n) is 8.11. The molecule has 0 N–H and O–H groups in total. The Morgan fingerprint density at radius 1 is 0.920 bits per heavy atom. The summed E-state index contributed by atoms with van der Waals surface area (Å²) < 4.78 is 5.35. The van der Waals surface area contributed by atoms with Crippen molar-refractivity contribution in [1.82, 2.24) is 20.1 Å². The third kappa shape index (κ3) is 3.69. The van der Waals surface area contributed by atoms with Gasteiger partial charge in [0.25, 0.3) is 0 Å². The van der Waals surface area contributed by atoms with Crippen LogP contribution >= 0.6 is 11.8 Å². The third-order valence-corrected chi connectivity index (χ3v) is 4.87. The van der Waals surface area contributed by atoms with Crippen molar-refractivity contribution in [2.75, 3.05) is 5.75 Å². The molecule has 0 aliphatic carbocycles. The van der Waals surface area contributed by atoms with E-state index in [-0.39, 0.29) is 0 Å². The van der Waals surface area contributed by atoms with Crippen molar-refractivity contribution in [2.45, 2.75) is 17.9 Å². The molecule has 2 heterocycles. The molecule has 4 aromatic rings. The van der Waals surface area contributed by atoms with Gasteiger partial charge in [-0.25, -0.2) is 9.97 Å². The maximum Gasteiger partial charge on any atom is 0.226 e. The Hall–Kier alpha value is -2.73. The molecule has 0 saturated heterocycles. The van der Waals surface area contributed by atoms with Gasteiger partial charge in [0.2, 0.25) is 11.7 Å². The third-order valence-electron chi connectivity index (χ3n) is 3.78. The Bertz CT molecular complexity index is 966. The van der Waals surface area contributed by atoms with Gasteiger partial charge in [0.05, 0.1) is 5.52 Å². The topological polar surface area (TPSA) is 64.7 Å². The summed E-state index contributed by atoms with van der Waals surface area (Å²) in [6.07, 6.45) is 3.32. The van der Waals surface area contributed by atoms with E-state index in [2.05, 4.69) is 26.2 Å². The largest absolute Gasteiger partial charge is 0.339 e. The maximum absolute atomic E-state index is 5.35. The van der Waals surface area contributed by atoms with Gasteiger partial charge in [-0.3, -0.25) is 0 Å². The van der Waals surface area contributed by atoms with E-state index in [0.29, 0.717) is 11.7 Å². The summed E-state index contributed by atoms with van der Waals surface area (Å²) in [5.74, 6) is 2.25. The minimum atomic E-state index is 0.644. The van der Waals surface area contributed by atoms with E-state index in [1.165, 1.54) is 0 Å². The quantitative estimate of drug-likeness (QED) is 0.292. The fourth-order valence-electron chi connectivity index (χ4n) is 2.55. The van der Waals surface area contributed by atoms with Crippen molar-refractivity contribution in [1.29, 1.82) is 0 Å². The van der Waals surface area contributed by atoms with Gasteiger partial charge in [0, 0.05) is 23.1 Å². The summed E-state index contributed by atoms with van der Waals surface area (Å²) >= 11 is 1.73. The summed E-state index contributed by atoms with van der Waals surface area (Å²) in [5, 5.41) is 6.16. The highest BCUT2D eigenvalue weighted by Crippen LogP contribution is 2.25. The van der Waals surface area contributed by atoms with E-state index in [4.69, 9.17) is 4.52 Å². The summed E-state index contributed by atoms with van der Waals surface area (Å²) in [6.45, 7) is 0. The van der Waals surface area contributed by atoms with Crippen molar-refractivity contribution in [3.05, 3.63) is 66.8 Å². The molecule has 0 radical (unpaired) electrons. The zero-order chi connectivity index (χ0) is 16.9. The van der Waals surface area contributed by atoms with Crippen molar-refractivity contribution in [2.24, 2.45) is 0 Å². The molecule has 6 heteroatoms. The lowest BCUT2D eigenvalue weighted by Gasteiger charge is -2.03. The van der Waals surface area contributed by atoms with Crippen LogP contribution in [-0.4, -0.2) is 25.9 Å². The zero-order valence-electron chi connectivity index (χ0n) is 13.5. The number of nitrogens with zero attached hydrogens (tertiary/aromatic N) is 4. The second kappa shape index (κ2) is 7.44. The second-order valence-corrected chi connectivity index (χ2v) is 6.61. The summed E-state index contributed by atoms with van der Waals surface area (Å²) in [7, 11) is 0. The number of aryl methyl sites for hydroxylation is 1. The van der Waals surface area contributed by atoms with E-state index >= 15 is 0 Å². The first-order valence-corrected chi connectivity index (χ1v) is 9.09. The van der Waals surface area contributed by atoms with E-state index in [1.807, 2.05) is 48.5 Å². The number of rotatable bonds is 6. The van der Waals surface area contributed by atoms with Gasteiger partial charge in [0.15, 0.2) is 0 Å². The molecule has 0 amide bonds. The predicted molar refractivity (Wildman–Crippen MR) is 98.3 cm³/mol. The molecule has 5 nitrogen and oxygen atoms in total. The van der Waals surface area contributed by atoms with Crippen molar-refractivity contribution in [3.63, 3.8) is 0 Å². The fraction of sp³-hybridized carbons (Fsp3) is 0.158. The van der Waals surface area contributed by atoms with Crippen LogP contribution in [0, 0.1) is 0 Å². The van der Waals surface area contributed by atoms with E-state index in [0.717, 1.165) is 40.1 Å². The first-order chi connectivity index (χ1) is 12.4. The van der Waals surface area contributed by atoms with Gasteiger partial charge in [-0.2, -0.15) is 4.98 Å². The molecule has 0 fully saturated rings. The molecule has 2 aromatic heterocycles. The van der Waals surface area contributed by atoms with Gasteiger partial charge in [-0.1, -0.05) is 53.7 Å². The molecule has 0 unspecified atom stereocenters. The lowest BCUT2D eigenvalue weighted by Crippen LogP contribution is -1.91. The molecule has 0 aliphatic rings. The molecule has 0 aliphatic heterocycles. The molecule has 0 spiro atoms. The van der Waals surface area contributed by atoms with Crippen LogP contribution in [0.4, 0.5) is 0 Å². The normalized spacial score (nSPS) is 11.0. The Kier molecular flexibility index (Phi) is 4.70. The van der Waals surface area contributed by atoms with Crippen LogP contribution in [-0.2, 0) is 6.42 Å². The number of para-hydroxylation sites is 1. The van der Waals surface area contributed by atoms with E-state index in [9.17, 15) is 0 Å². The fourth-order valence-corrected chi connectivity index (χ4v) is 3.48. The molecule has 0 saturated carbocycles. The van der Waals surface area contributed by atoms with Crippen LogP contribution in [0.2, 0.25) is 0 Å². The summed E-state index contributed by atoms with van der Waals surface area (Å²) in [6, 6.07) is 17.9. The average molecular weight is 348 g/mol. The van der Waals surface area contributed by atoms with E-state index < -0.39 is 0 Å². The second-order valence-electron chi connectivity index (χ2n) is 5.53. The van der Waals surface area contributed by atoms with Gasteiger partial charge in [0.1, 0.15) is 11.4 Å². The Morgan fingerprint density at radius 3 is 2.68 bits per heavy atom. The first kappa shape index (κ1) is 15.8. The standard InChI is InChI=1S/C19H16N4OS/c1-2-7-14(8-3-1)18-22-17(24-23-18)11-6-12-25-19-15-9-4-5-10-16(15)20-13-21-19/h1-5,7-10,13H,6,11-12H2. The Morgan fingerprint density at radius 2 is 1.76 bits per heavy atom. The van der Waals surface area contributed by atoms with Crippen LogP contribution in [0.15, 0.2) is 70.5 Å². The molecule has 0 atom stereocenters. The Labute approximate surface area is 149 Å². The van der Waals surface area contributed by atoms with Gasteiger partial charge in [-0.15, -0.1) is 11.8 Å². The Balaban J connectivity index is 1.35. The van der Waals surface area contributed by atoms with Gasteiger partial charge < -0.3 is 4.52 Å². The highest BCUT2D eigenvalue weighted by molar-refractivity contribution is 7.99. The monoisotopic (exact) mass is 348 g/mol. The molecular weight excluding hydrogens is 332 g/mol. The number of hydrogen-bond acceptors (Lipinski definition) is 6.